The van der Waals surface area contributed by atoms with E-state index in [1.807, 2.05) is 6.92 Å². The molecule has 0 aliphatic rings. The van der Waals surface area contributed by atoms with Crippen LogP contribution in [0.15, 0.2) is 0 Å². The Balaban J connectivity index is 4.17. The molecule has 0 saturated heterocycles. The molecule has 0 N–H and O–H groups in total. The lowest BCUT2D eigenvalue weighted by atomic mass is 9.98. The molecule has 0 aromatic carbocycles. The largest absolute Gasteiger partial charge is 0.465 e. The number of hydrogen-bond acceptors (Lipinski definition) is 3. The number of nitrogens with zero attached hydrogens (tertiary/aromatic N) is 1. The van der Waals surface area contributed by atoms with E-state index in [0.717, 1.165) is 19.5 Å². The highest BCUT2D eigenvalue weighted by molar-refractivity contribution is 5.71. The van der Waals surface area contributed by atoms with Crippen LogP contribution in [-0.2, 0) is 9.53 Å². The van der Waals surface area contributed by atoms with Gasteiger partial charge in [0.05, 0.1) is 13.2 Å². The highest BCUT2D eigenvalue weighted by atomic mass is 16.5. The minimum atomic E-state index is -0.0868. The highest BCUT2D eigenvalue weighted by Gasteiger charge is 2.15. The van der Waals surface area contributed by atoms with Gasteiger partial charge in [-0.1, -0.05) is 40.0 Å². The van der Waals surface area contributed by atoms with Gasteiger partial charge in [0.25, 0.3) is 0 Å². The van der Waals surface area contributed by atoms with E-state index in [2.05, 4.69) is 25.7 Å². The predicted molar refractivity (Wildman–Crippen MR) is 76.7 cm³/mol. The number of unbranched alkanes of at least 4 members (excludes halogenated alkanes) is 1. The lowest BCUT2D eigenvalue weighted by Crippen LogP contribution is -2.35. The molecule has 3 heteroatoms. The number of esters is 1. The van der Waals surface area contributed by atoms with Gasteiger partial charge in [-0.15, -0.1) is 0 Å². The summed E-state index contributed by atoms with van der Waals surface area (Å²) in [4.78, 5) is 13.8. The van der Waals surface area contributed by atoms with Crippen molar-refractivity contribution in [2.45, 2.75) is 59.8 Å². The van der Waals surface area contributed by atoms with Crippen molar-refractivity contribution >= 4 is 5.97 Å². The monoisotopic (exact) mass is 257 g/mol. The summed E-state index contributed by atoms with van der Waals surface area (Å²) >= 11 is 0. The third kappa shape index (κ3) is 8.51. The Bertz CT molecular complexity index is 207. The standard InChI is InChI=1S/C15H31NO2/c1-5-9-10-14(7-3)12-16(11-6-2)13-15(17)18-8-4/h14H,5-13H2,1-4H3. The molecule has 0 radical (unpaired) electrons. The number of ether oxygens (including phenoxy) is 1. The van der Waals surface area contributed by atoms with Gasteiger partial charge in [-0.2, -0.15) is 0 Å². The zero-order valence-electron chi connectivity index (χ0n) is 12.7. The van der Waals surface area contributed by atoms with Crippen molar-refractivity contribution in [2.24, 2.45) is 5.92 Å². The quantitative estimate of drug-likeness (QED) is 0.531. The van der Waals surface area contributed by atoms with Crippen molar-refractivity contribution < 1.29 is 9.53 Å². The Morgan fingerprint density at radius 1 is 1.17 bits per heavy atom. The van der Waals surface area contributed by atoms with Crippen LogP contribution in [0.25, 0.3) is 0 Å². The fraction of sp³-hybridized carbons (Fsp3) is 0.933. The Hall–Kier alpha value is -0.570. The van der Waals surface area contributed by atoms with Gasteiger partial charge in [0, 0.05) is 6.54 Å². The molecule has 0 bridgehead atoms. The predicted octanol–water partition coefficient (Wildman–Crippen LogP) is 3.48. The maximum absolute atomic E-state index is 11.5. The van der Waals surface area contributed by atoms with E-state index in [1.165, 1.54) is 25.7 Å². The topological polar surface area (TPSA) is 29.5 Å². The normalized spacial score (nSPS) is 12.7. The summed E-state index contributed by atoms with van der Waals surface area (Å²) in [6, 6.07) is 0. The average Bonchev–Trinajstić information content (AvgIpc) is 2.34. The molecule has 0 aliphatic heterocycles. The SMILES string of the molecule is CCCCC(CC)CN(CCC)CC(=O)OCC. The molecular formula is C15H31NO2. The Labute approximate surface area is 113 Å². The van der Waals surface area contributed by atoms with Crippen molar-refractivity contribution in [1.29, 1.82) is 0 Å². The molecule has 0 spiro atoms. The molecule has 0 aromatic rings. The lowest BCUT2D eigenvalue weighted by Gasteiger charge is -2.25. The summed E-state index contributed by atoms with van der Waals surface area (Å²) in [6.07, 6.45) is 6.10. The second-order valence-electron chi connectivity index (χ2n) is 4.96. The summed E-state index contributed by atoms with van der Waals surface area (Å²) < 4.78 is 5.03. The van der Waals surface area contributed by atoms with Gasteiger partial charge in [-0.05, 0) is 32.2 Å². The lowest BCUT2D eigenvalue weighted by molar-refractivity contribution is -0.144. The molecule has 0 amide bonds. The summed E-state index contributed by atoms with van der Waals surface area (Å²) in [5, 5.41) is 0. The van der Waals surface area contributed by atoms with Crippen LogP contribution in [0.1, 0.15) is 59.8 Å². The Kier molecular flexibility index (Phi) is 11.2. The van der Waals surface area contributed by atoms with Crippen LogP contribution in [0.2, 0.25) is 0 Å². The van der Waals surface area contributed by atoms with E-state index in [-0.39, 0.29) is 5.97 Å². The van der Waals surface area contributed by atoms with Gasteiger partial charge in [-0.3, -0.25) is 9.69 Å². The van der Waals surface area contributed by atoms with Crippen molar-refractivity contribution in [1.82, 2.24) is 4.90 Å². The smallest absolute Gasteiger partial charge is 0.320 e. The van der Waals surface area contributed by atoms with E-state index < -0.39 is 0 Å². The molecule has 18 heavy (non-hydrogen) atoms. The molecule has 0 aromatic heterocycles. The van der Waals surface area contributed by atoms with Crippen LogP contribution < -0.4 is 0 Å². The van der Waals surface area contributed by atoms with Crippen LogP contribution >= 0.6 is 0 Å². The van der Waals surface area contributed by atoms with Crippen molar-refractivity contribution in [3.63, 3.8) is 0 Å². The van der Waals surface area contributed by atoms with Gasteiger partial charge in [0.1, 0.15) is 0 Å². The van der Waals surface area contributed by atoms with Crippen LogP contribution in [-0.4, -0.2) is 37.1 Å². The summed E-state index contributed by atoms with van der Waals surface area (Å²) in [7, 11) is 0. The van der Waals surface area contributed by atoms with Crippen LogP contribution in [0.4, 0.5) is 0 Å². The second kappa shape index (κ2) is 11.5. The molecule has 3 nitrogen and oxygen atoms in total. The third-order valence-corrected chi connectivity index (χ3v) is 3.26. The first-order valence-electron chi connectivity index (χ1n) is 7.55. The molecule has 1 unspecified atom stereocenters. The molecule has 108 valence electrons. The van der Waals surface area contributed by atoms with E-state index in [9.17, 15) is 4.79 Å². The van der Waals surface area contributed by atoms with Gasteiger partial charge >= 0.3 is 5.97 Å². The van der Waals surface area contributed by atoms with E-state index in [1.54, 1.807) is 0 Å². The fourth-order valence-corrected chi connectivity index (χ4v) is 2.22. The summed E-state index contributed by atoms with van der Waals surface area (Å²) in [5.74, 6) is 0.627. The first-order valence-corrected chi connectivity index (χ1v) is 7.55. The van der Waals surface area contributed by atoms with Crippen LogP contribution in [0.5, 0.6) is 0 Å². The molecular weight excluding hydrogens is 226 g/mol. The van der Waals surface area contributed by atoms with Crippen molar-refractivity contribution in [2.75, 3.05) is 26.2 Å². The molecule has 0 heterocycles. The number of carbonyl (C=O) groups excluding carboxylic acids is 1. The maximum atomic E-state index is 11.5. The van der Waals surface area contributed by atoms with E-state index in [0.29, 0.717) is 19.1 Å². The van der Waals surface area contributed by atoms with E-state index in [4.69, 9.17) is 4.74 Å². The highest BCUT2D eigenvalue weighted by Crippen LogP contribution is 2.14. The van der Waals surface area contributed by atoms with Crippen molar-refractivity contribution in [3.05, 3.63) is 0 Å². The molecule has 0 rings (SSSR count). The summed E-state index contributed by atoms with van der Waals surface area (Å²) in [6.45, 7) is 11.4. The Morgan fingerprint density at radius 2 is 1.89 bits per heavy atom. The van der Waals surface area contributed by atoms with Gasteiger partial charge in [-0.25, -0.2) is 0 Å². The minimum absolute atomic E-state index is 0.0868. The second-order valence-corrected chi connectivity index (χ2v) is 4.96. The molecule has 0 aliphatic carbocycles. The van der Waals surface area contributed by atoms with Crippen molar-refractivity contribution in [3.8, 4) is 0 Å². The summed E-state index contributed by atoms with van der Waals surface area (Å²) in [5.41, 5.74) is 0. The zero-order valence-corrected chi connectivity index (χ0v) is 12.7. The first kappa shape index (κ1) is 17.4. The maximum Gasteiger partial charge on any atom is 0.320 e. The zero-order chi connectivity index (χ0) is 13.8. The van der Waals surface area contributed by atoms with Crippen LogP contribution in [0.3, 0.4) is 0 Å². The average molecular weight is 257 g/mol. The molecule has 0 saturated carbocycles. The third-order valence-electron chi connectivity index (χ3n) is 3.26. The number of carbonyl (C=O) groups is 1. The number of rotatable bonds is 11. The van der Waals surface area contributed by atoms with Gasteiger partial charge < -0.3 is 4.74 Å². The fourth-order valence-electron chi connectivity index (χ4n) is 2.22. The molecule has 0 fully saturated rings. The van der Waals surface area contributed by atoms with Gasteiger partial charge in [0.2, 0.25) is 0 Å². The first-order chi connectivity index (χ1) is 8.67. The number of hydrogen-bond donors (Lipinski definition) is 0. The van der Waals surface area contributed by atoms with Gasteiger partial charge in [0.15, 0.2) is 0 Å². The molecule has 1 atom stereocenters. The Morgan fingerprint density at radius 3 is 2.39 bits per heavy atom. The van der Waals surface area contributed by atoms with E-state index >= 15 is 0 Å². The van der Waals surface area contributed by atoms with Crippen LogP contribution in [0, 0.1) is 5.92 Å². The minimum Gasteiger partial charge on any atom is -0.465 e.